The molecule has 5 heteroatoms. The molecule has 2 saturated carbocycles. The van der Waals surface area contributed by atoms with Gasteiger partial charge < -0.3 is 5.32 Å². The molecule has 1 aromatic rings. The first-order valence-corrected chi connectivity index (χ1v) is 8.18. The molecule has 0 spiro atoms. The molecule has 2 bridgehead atoms. The van der Waals surface area contributed by atoms with E-state index in [2.05, 4.69) is 22.4 Å². The number of hydrogen-bond acceptors (Lipinski definition) is 4. The summed E-state index contributed by atoms with van der Waals surface area (Å²) >= 11 is 1.50. The second-order valence-electron chi connectivity index (χ2n) is 5.94. The molecule has 3 atom stereocenters. The topological polar surface area (TPSA) is 54.9 Å². The SMILES string of the molecule is CCCc1nnc(NC(=O)C[C@@H]2C[C@@H]3CC[C@@H]2C3)s1. The zero-order valence-electron chi connectivity index (χ0n) is 11.4. The maximum atomic E-state index is 12.0. The van der Waals surface area contributed by atoms with E-state index in [-0.39, 0.29) is 5.91 Å². The molecule has 104 valence electrons. The fraction of sp³-hybridized carbons (Fsp3) is 0.786. The van der Waals surface area contributed by atoms with E-state index >= 15 is 0 Å². The van der Waals surface area contributed by atoms with Crippen LogP contribution in [0.25, 0.3) is 0 Å². The highest BCUT2D eigenvalue weighted by molar-refractivity contribution is 7.15. The predicted molar refractivity (Wildman–Crippen MR) is 76.1 cm³/mol. The third-order valence-corrected chi connectivity index (χ3v) is 5.41. The van der Waals surface area contributed by atoms with Crippen molar-refractivity contribution in [1.82, 2.24) is 10.2 Å². The van der Waals surface area contributed by atoms with E-state index < -0.39 is 0 Å². The number of carbonyl (C=O) groups is 1. The van der Waals surface area contributed by atoms with Crippen LogP contribution >= 0.6 is 11.3 Å². The van der Waals surface area contributed by atoms with Crippen molar-refractivity contribution in [3.8, 4) is 0 Å². The highest BCUT2D eigenvalue weighted by Gasteiger charge is 2.40. The van der Waals surface area contributed by atoms with Crippen molar-refractivity contribution in [3.05, 3.63) is 5.01 Å². The van der Waals surface area contributed by atoms with Crippen molar-refractivity contribution in [2.24, 2.45) is 17.8 Å². The number of aryl methyl sites for hydroxylation is 1. The molecule has 1 N–H and O–H groups in total. The summed E-state index contributed by atoms with van der Waals surface area (Å²) in [7, 11) is 0. The van der Waals surface area contributed by atoms with Gasteiger partial charge in [0, 0.05) is 12.8 Å². The number of fused-ring (bicyclic) bond motifs is 2. The molecule has 0 radical (unpaired) electrons. The average Bonchev–Trinajstić information content (AvgIpc) is 3.06. The Bertz CT molecular complexity index is 459. The summed E-state index contributed by atoms with van der Waals surface area (Å²) in [6.07, 6.45) is 8.02. The molecule has 2 aliphatic carbocycles. The Morgan fingerprint density at radius 1 is 1.37 bits per heavy atom. The molecular formula is C14H21N3OS. The van der Waals surface area contributed by atoms with Gasteiger partial charge in [-0.3, -0.25) is 4.79 Å². The molecule has 1 heterocycles. The van der Waals surface area contributed by atoms with Gasteiger partial charge in [-0.25, -0.2) is 0 Å². The third-order valence-electron chi connectivity index (χ3n) is 4.51. The van der Waals surface area contributed by atoms with Gasteiger partial charge in [0.05, 0.1) is 0 Å². The number of carbonyl (C=O) groups excluding carboxylic acids is 1. The van der Waals surface area contributed by atoms with Gasteiger partial charge in [0.2, 0.25) is 11.0 Å². The van der Waals surface area contributed by atoms with Crippen LogP contribution in [0.15, 0.2) is 0 Å². The fourth-order valence-corrected chi connectivity index (χ4v) is 4.51. The standard InChI is InChI=1S/C14H21N3OS/c1-2-3-13-16-17-14(19-13)15-12(18)8-11-7-9-4-5-10(11)6-9/h9-11H,2-8H2,1H3,(H,15,17,18)/t9-,10-,11+/m1/s1. The largest absolute Gasteiger partial charge is 0.301 e. The summed E-state index contributed by atoms with van der Waals surface area (Å²) in [4.78, 5) is 12.0. The van der Waals surface area contributed by atoms with Crippen LogP contribution in [0.5, 0.6) is 0 Å². The van der Waals surface area contributed by atoms with Crippen molar-refractivity contribution in [1.29, 1.82) is 0 Å². The molecule has 4 nitrogen and oxygen atoms in total. The van der Waals surface area contributed by atoms with Crippen molar-refractivity contribution in [2.75, 3.05) is 5.32 Å². The number of nitrogens with zero attached hydrogens (tertiary/aromatic N) is 2. The van der Waals surface area contributed by atoms with Gasteiger partial charge in [0.25, 0.3) is 0 Å². The molecule has 0 saturated heterocycles. The lowest BCUT2D eigenvalue weighted by atomic mass is 9.86. The minimum absolute atomic E-state index is 0.122. The molecular weight excluding hydrogens is 258 g/mol. The van der Waals surface area contributed by atoms with Crippen LogP contribution in [0.1, 0.15) is 50.5 Å². The first-order valence-electron chi connectivity index (χ1n) is 7.36. The molecule has 1 amide bonds. The zero-order chi connectivity index (χ0) is 13.2. The molecule has 2 aliphatic rings. The highest BCUT2D eigenvalue weighted by atomic mass is 32.1. The molecule has 2 fully saturated rings. The highest BCUT2D eigenvalue weighted by Crippen LogP contribution is 2.49. The Morgan fingerprint density at radius 2 is 2.26 bits per heavy atom. The quantitative estimate of drug-likeness (QED) is 0.900. The maximum Gasteiger partial charge on any atom is 0.226 e. The Labute approximate surface area is 118 Å². The minimum Gasteiger partial charge on any atom is -0.301 e. The summed E-state index contributed by atoms with van der Waals surface area (Å²) < 4.78 is 0. The third kappa shape index (κ3) is 2.96. The van der Waals surface area contributed by atoms with Crippen LogP contribution in [0.3, 0.4) is 0 Å². The van der Waals surface area contributed by atoms with Gasteiger partial charge >= 0.3 is 0 Å². The van der Waals surface area contributed by atoms with Crippen molar-refractivity contribution in [2.45, 2.75) is 51.9 Å². The van der Waals surface area contributed by atoms with Crippen LogP contribution in [-0.2, 0) is 11.2 Å². The number of nitrogens with one attached hydrogen (secondary N) is 1. The Kier molecular flexibility index (Phi) is 3.82. The number of aromatic nitrogens is 2. The van der Waals surface area contributed by atoms with Gasteiger partial charge in [-0.15, -0.1) is 10.2 Å². The van der Waals surface area contributed by atoms with E-state index in [0.717, 1.165) is 29.7 Å². The molecule has 0 unspecified atom stereocenters. The minimum atomic E-state index is 0.122. The van der Waals surface area contributed by atoms with Gasteiger partial charge in [-0.05, 0) is 43.4 Å². The van der Waals surface area contributed by atoms with Crippen LogP contribution in [0.4, 0.5) is 5.13 Å². The van der Waals surface area contributed by atoms with Crippen LogP contribution in [-0.4, -0.2) is 16.1 Å². The summed E-state index contributed by atoms with van der Waals surface area (Å²) in [6, 6.07) is 0. The molecule has 0 aliphatic heterocycles. The van der Waals surface area contributed by atoms with Gasteiger partial charge in [0.1, 0.15) is 5.01 Å². The number of anilines is 1. The van der Waals surface area contributed by atoms with E-state index in [9.17, 15) is 4.79 Å². The Morgan fingerprint density at radius 3 is 2.95 bits per heavy atom. The monoisotopic (exact) mass is 279 g/mol. The van der Waals surface area contributed by atoms with E-state index in [1.54, 1.807) is 0 Å². The summed E-state index contributed by atoms with van der Waals surface area (Å²) in [5.41, 5.74) is 0. The molecule has 1 aromatic heterocycles. The lowest BCUT2D eigenvalue weighted by Crippen LogP contribution is -2.20. The Hall–Kier alpha value is -0.970. The van der Waals surface area contributed by atoms with Crippen molar-refractivity contribution in [3.63, 3.8) is 0 Å². The molecule has 3 rings (SSSR count). The van der Waals surface area contributed by atoms with Crippen LogP contribution < -0.4 is 5.32 Å². The van der Waals surface area contributed by atoms with Gasteiger partial charge in [-0.1, -0.05) is 24.7 Å². The second-order valence-corrected chi connectivity index (χ2v) is 7.00. The molecule has 0 aromatic carbocycles. The second kappa shape index (κ2) is 5.57. The van der Waals surface area contributed by atoms with Crippen LogP contribution in [0.2, 0.25) is 0 Å². The van der Waals surface area contributed by atoms with E-state index in [1.807, 2.05) is 0 Å². The molecule has 19 heavy (non-hydrogen) atoms. The number of amides is 1. The first kappa shape index (κ1) is 13.0. The summed E-state index contributed by atoms with van der Waals surface area (Å²) in [6.45, 7) is 2.12. The summed E-state index contributed by atoms with van der Waals surface area (Å²) in [5, 5.41) is 12.7. The number of rotatable bonds is 5. The van der Waals surface area contributed by atoms with Gasteiger partial charge in [0.15, 0.2) is 0 Å². The van der Waals surface area contributed by atoms with Gasteiger partial charge in [-0.2, -0.15) is 0 Å². The maximum absolute atomic E-state index is 12.0. The normalized spacial score (nSPS) is 28.8. The number of hydrogen-bond donors (Lipinski definition) is 1. The fourth-order valence-electron chi connectivity index (χ4n) is 3.65. The average molecular weight is 279 g/mol. The Balaban J connectivity index is 1.50. The first-order chi connectivity index (χ1) is 9.24. The lowest BCUT2D eigenvalue weighted by Gasteiger charge is -2.20. The van der Waals surface area contributed by atoms with Crippen molar-refractivity contribution < 1.29 is 4.79 Å². The van der Waals surface area contributed by atoms with E-state index in [1.165, 1.54) is 37.0 Å². The van der Waals surface area contributed by atoms with E-state index in [4.69, 9.17) is 0 Å². The smallest absolute Gasteiger partial charge is 0.226 e. The van der Waals surface area contributed by atoms with Crippen molar-refractivity contribution >= 4 is 22.4 Å². The predicted octanol–water partition coefficient (Wildman–Crippen LogP) is 3.26. The van der Waals surface area contributed by atoms with Crippen LogP contribution in [0, 0.1) is 17.8 Å². The zero-order valence-corrected chi connectivity index (χ0v) is 12.2. The summed E-state index contributed by atoms with van der Waals surface area (Å²) in [5.74, 6) is 2.44. The van der Waals surface area contributed by atoms with E-state index in [0.29, 0.717) is 17.5 Å². The lowest BCUT2D eigenvalue weighted by molar-refractivity contribution is -0.117.